The van der Waals surface area contributed by atoms with Crippen LogP contribution < -0.4 is 4.74 Å². The molecule has 0 amide bonds. The number of phenols is 1. The number of unbranched alkanes of at least 4 members (excludes halogenated alkanes) is 1. The van der Waals surface area contributed by atoms with Crippen LogP contribution in [0.5, 0.6) is 11.6 Å². The Labute approximate surface area is 201 Å². The molecule has 0 radical (unpaired) electrons. The Kier molecular flexibility index (Phi) is 6.52. The van der Waals surface area contributed by atoms with E-state index in [9.17, 15) is 5.11 Å². The minimum absolute atomic E-state index is 0.0198. The molecule has 176 valence electrons. The average Bonchev–Trinajstić information content (AvgIpc) is 3.25. The Morgan fingerprint density at radius 2 is 2.09 bits per heavy atom. The van der Waals surface area contributed by atoms with Crippen molar-refractivity contribution in [3.05, 3.63) is 77.7 Å². The number of aromatic nitrogens is 2. The van der Waals surface area contributed by atoms with Crippen molar-refractivity contribution in [3.63, 3.8) is 0 Å². The van der Waals surface area contributed by atoms with Crippen LogP contribution in [0.25, 0.3) is 17.0 Å². The molecule has 5 nitrogen and oxygen atoms in total. The third-order valence-electron chi connectivity index (χ3n) is 6.81. The van der Waals surface area contributed by atoms with Gasteiger partial charge in [0.1, 0.15) is 23.7 Å². The Morgan fingerprint density at radius 1 is 1.21 bits per heavy atom. The lowest BCUT2D eigenvalue weighted by Crippen LogP contribution is -2.21. The van der Waals surface area contributed by atoms with E-state index in [2.05, 4.69) is 44.2 Å². The highest BCUT2D eigenvalue weighted by molar-refractivity contribution is 5.75. The predicted molar refractivity (Wildman–Crippen MR) is 134 cm³/mol. The largest absolute Gasteiger partial charge is 0.507 e. The van der Waals surface area contributed by atoms with Crippen molar-refractivity contribution in [2.75, 3.05) is 0 Å². The van der Waals surface area contributed by atoms with Gasteiger partial charge < -0.3 is 14.6 Å². The highest BCUT2D eigenvalue weighted by Crippen LogP contribution is 2.46. The maximum Gasteiger partial charge on any atom is 0.217 e. The second-order valence-electron chi connectivity index (χ2n) is 9.12. The fraction of sp³-hybridized carbons (Fsp3) is 0.379. The molecular weight excluding hydrogens is 424 g/mol. The van der Waals surface area contributed by atoms with Crippen molar-refractivity contribution in [3.8, 4) is 23.0 Å². The highest BCUT2D eigenvalue weighted by atomic mass is 16.5. The molecular formula is C29H32N2O3. The number of rotatable bonds is 8. The van der Waals surface area contributed by atoms with Crippen LogP contribution in [0.15, 0.2) is 72.0 Å². The summed E-state index contributed by atoms with van der Waals surface area (Å²) in [5.74, 6) is 2.31. The lowest BCUT2D eigenvalue weighted by Gasteiger charge is -2.25. The maximum atomic E-state index is 10.5. The van der Waals surface area contributed by atoms with E-state index < -0.39 is 0 Å². The molecule has 2 aliphatic carbocycles. The van der Waals surface area contributed by atoms with Crippen LogP contribution in [0.4, 0.5) is 0 Å². The van der Waals surface area contributed by atoms with Gasteiger partial charge in [0.15, 0.2) is 5.82 Å². The van der Waals surface area contributed by atoms with Gasteiger partial charge >= 0.3 is 0 Å². The first-order valence-electron chi connectivity index (χ1n) is 12.5. The molecule has 2 aromatic rings. The second kappa shape index (κ2) is 9.88. The normalized spacial score (nSPS) is 21.5. The molecule has 2 heterocycles. The predicted octanol–water partition coefficient (Wildman–Crippen LogP) is 6.77. The number of ether oxygens (including phenoxy) is 2. The number of benzene rings is 1. The number of para-hydroxylation sites is 1. The van der Waals surface area contributed by atoms with E-state index >= 15 is 0 Å². The molecule has 1 N–H and O–H groups in total. The van der Waals surface area contributed by atoms with Gasteiger partial charge in [-0.15, -0.1) is 0 Å². The summed E-state index contributed by atoms with van der Waals surface area (Å²) in [5, 5.41) is 10.5. The minimum atomic E-state index is -0.0198. The zero-order valence-electron chi connectivity index (χ0n) is 19.9. The molecule has 0 saturated carbocycles. The van der Waals surface area contributed by atoms with Gasteiger partial charge in [0.2, 0.25) is 5.88 Å². The third-order valence-corrected chi connectivity index (χ3v) is 6.81. The van der Waals surface area contributed by atoms with Gasteiger partial charge in [-0.1, -0.05) is 57.0 Å². The molecule has 0 bridgehead atoms. The molecule has 34 heavy (non-hydrogen) atoms. The van der Waals surface area contributed by atoms with Gasteiger partial charge in [-0.05, 0) is 61.1 Å². The lowest BCUT2D eigenvalue weighted by atomic mass is 9.80. The first kappa shape index (κ1) is 22.5. The Balaban J connectivity index is 1.57. The van der Waals surface area contributed by atoms with Crippen LogP contribution in [-0.2, 0) is 4.74 Å². The summed E-state index contributed by atoms with van der Waals surface area (Å²) in [6, 6.07) is 9.15. The number of aromatic hydroxyl groups is 1. The van der Waals surface area contributed by atoms with Gasteiger partial charge in [0.05, 0.1) is 17.2 Å². The maximum absolute atomic E-state index is 10.5. The van der Waals surface area contributed by atoms with Crippen LogP contribution in [-0.4, -0.2) is 27.3 Å². The summed E-state index contributed by atoms with van der Waals surface area (Å²) in [6.07, 6.45) is 16.8. The topological polar surface area (TPSA) is 64.5 Å². The van der Waals surface area contributed by atoms with Crippen molar-refractivity contribution < 1.29 is 14.6 Å². The smallest absolute Gasteiger partial charge is 0.217 e. The summed E-state index contributed by atoms with van der Waals surface area (Å²) in [7, 11) is 0. The molecule has 1 aliphatic heterocycles. The van der Waals surface area contributed by atoms with E-state index in [1.165, 1.54) is 5.57 Å². The number of hydrogen-bond acceptors (Lipinski definition) is 5. The summed E-state index contributed by atoms with van der Waals surface area (Å²) < 4.78 is 12.6. The zero-order valence-corrected chi connectivity index (χ0v) is 19.9. The van der Waals surface area contributed by atoms with Crippen molar-refractivity contribution in [2.45, 2.75) is 64.6 Å². The fourth-order valence-electron chi connectivity index (χ4n) is 4.99. The molecule has 1 aromatic heterocycles. The SMILES string of the molecule is CCCCC(CC)Oc1cc(C2=CC=CC3OC4=C(CCC=C4)C23)nc(-c2ccccc2O)n1. The van der Waals surface area contributed by atoms with E-state index in [4.69, 9.17) is 19.4 Å². The molecule has 5 rings (SSSR count). The highest BCUT2D eigenvalue weighted by Gasteiger charge is 2.39. The number of hydrogen-bond donors (Lipinski definition) is 1. The van der Waals surface area contributed by atoms with Gasteiger partial charge in [-0.2, -0.15) is 4.98 Å². The average molecular weight is 457 g/mol. The number of nitrogens with zero attached hydrogens (tertiary/aromatic N) is 2. The number of fused-ring (bicyclic) bond motifs is 2. The van der Waals surface area contributed by atoms with Crippen LogP contribution in [0, 0.1) is 5.92 Å². The van der Waals surface area contributed by atoms with Crippen molar-refractivity contribution in [1.82, 2.24) is 9.97 Å². The molecule has 3 atom stereocenters. The lowest BCUT2D eigenvalue weighted by molar-refractivity contribution is 0.174. The Morgan fingerprint density at radius 3 is 2.91 bits per heavy atom. The minimum Gasteiger partial charge on any atom is -0.507 e. The fourth-order valence-corrected chi connectivity index (χ4v) is 4.99. The van der Waals surface area contributed by atoms with Crippen LogP contribution in [0.1, 0.15) is 58.1 Å². The molecule has 1 aromatic carbocycles. The molecule has 0 fully saturated rings. The van der Waals surface area contributed by atoms with E-state index in [0.717, 1.165) is 55.6 Å². The van der Waals surface area contributed by atoms with Gasteiger partial charge in [0, 0.05) is 6.07 Å². The van der Waals surface area contributed by atoms with Crippen LogP contribution >= 0.6 is 0 Å². The molecule has 5 heteroatoms. The summed E-state index contributed by atoms with van der Waals surface area (Å²) in [6.45, 7) is 4.34. The van der Waals surface area contributed by atoms with E-state index in [-0.39, 0.29) is 23.9 Å². The monoisotopic (exact) mass is 456 g/mol. The summed E-state index contributed by atoms with van der Waals surface area (Å²) in [5.41, 5.74) is 3.86. The standard InChI is InChI=1S/C29H32N2O3/c1-3-5-11-19(4-2)33-27-18-23(30-29(31-27)21-12-6-8-15-24(21)32)20-14-10-17-26-28(20)22-13-7-9-16-25(22)34-26/h6,8-10,12,14-19,26,28,32H,3-5,7,11,13H2,1-2H3. The molecule has 3 unspecified atom stereocenters. The van der Waals surface area contributed by atoms with E-state index in [0.29, 0.717) is 17.3 Å². The Hall–Kier alpha value is -3.34. The van der Waals surface area contributed by atoms with Gasteiger partial charge in [0.25, 0.3) is 0 Å². The zero-order chi connectivity index (χ0) is 23.5. The number of phenolic OH excluding ortho intramolecular Hbond substituents is 1. The summed E-state index contributed by atoms with van der Waals surface area (Å²) >= 11 is 0. The third kappa shape index (κ3) is 4.39. The van der Waals surface area contributed by atoms with Crippen molar-refractivity contribution in [1.29, 1.82) is 0 Å². The van der Waals surface area contributed by atoms with Crippen molar-refractivity contribution in [2.24, 2.45) is 5.92 Å². The van der Waals surface area contributed by atoms with Gasteiger partial charge in [-0.25, -0.2) is 4.98 Å². The second-order valence-corrected chi connectivity index (χ2v) is 9.12. The first-order chi connectivity index (χ1) is 16.7. The Bertz CT molecular complexity index is 1180. The molecule has 0 spiro atoms. The summed E-state index contributed by atoms with van der Waals surface area (Å²) in [4.78, 5) is 9.66. The molecule has 3 aliphatic rings. The van der Waals surface area contributed by atoms with Crippen LogP contribution in [0.2, 0.25) is 0 Å². The number of allylic oxidation sites excluding steroid dienone is 4. The van der Waals surface area contributed by atoms with Crippen LogP contribution in [0.3, 0.4) is 0 Å². The quantitative estimate of drug-likeness (QED) is 0.475. The van der Waals surface area contributed by atoms with E-state index in [1.54, 1.807) is 12.1 Å². The van der Waals surface area contributed by atoms with E-state index in [1.807, 2.05) is 18.2 Å². The first-order valence-corrected chi connectivity index (χ1v) is 12.5. The van der Waals surface area contributed by atoms with Crippen molar-refractivity contribution >= 4 is 5.57 Å². The van der Waals surface area contributed by atoms with Gasteiger partial charge in [-0.3, -0.25) is 0 Å². The molecule has 0 saturated heterocycles.